The first-order chi connectivity index (χ1) is 9.30. The third-order valence-corrected chi connectivity index (χ3v) is 4.43. The number of carbonyl (C=O) groups is 1. The minimum absolute atomic E-state index is 0.0119. The van der Waals surface area contributed by atoms with Crippen LogP contribution in [0.3, 0.4) is 0 Å². The molecule has 1 amide bonds. The molecule has 0 bridgehead atoms. The summed E-state index contributed by atoms with van der Waals surface area (Å²) in [5.41, 5.74) is -0.916. The van der Waals surface area contributed by atoms with Gasteiger partial charge in [0.15, 0.2) is 0 Å². The van der Waals surface area contributed by atoms with Crippen LogP contribution in [0, 0.1) is 23.1 Å². The van der Waals surface area contributed by atoms with Gasteiger partial charge in [-0.25, -0.2) is 4.39 Å². The van der Waals surface area contributed by atoms with E-state index in [-0.39, 0.29) is 17.6 Å². The molecule has 0 aliphatic carbocycles. The van der Waals surface area contributed by atoms with Crippen molar-refractivity contribution in [3.05, 3.63) is 30.1 Å². The molecule has 0 radical (unpaired) electrons. The predicted octanol–water partition coefficient (Wildman–Crippen LogP) is 3.36. The van der Waals surface area contributed by atoms with Crippen molar-refractivity contribution in [1.29, 1.82) is 5.26 Å². The summed E-state index contributed by atoms with van der Waals surface area (Å²) in [6.07, 6.45) is 0. The van der Waals surface area contributed by atoms with E-state index >= 15 is 0 Å². The van der Waals surface area contributed by atoms with Gasteiger partial charge >= 0.3 is 0 Å². The smallest absolute Gasteiger partial charge is 0.234 e. The zero-order chi connectivity index (χ0) is 15.3. The average Bonchev–Trinajstić information content (AvgIpc) is 2.40. The second-order valence-electron chi connectivity index (χ2n) is 5.15. The maximum Gasteiger partial charge on any atom is 0.234 e. The summed E-state index contributed by atoms with van der Waals surface area (Å²) in [4.78, 5) is 12.6. The normalized spacial score (nSPS) is 15.2. The fourth-order valence-electron chi connectivity index (χ4n) is 1.44. The van der Waals surface area contributed by atoms with Crippen LogP contribution in [0.1, 0.15) is 27.7 Å². The molecule has 20 heavy (non-hydrogen) atoms. The molecule has 0 aromatic heterocycles. The van der Waals surface area contributed by atoms with Crippen molar-refractivity contribution in [3.8, 4) is 6.07 Å². The van der Waals surface area contributed by atoms with Gasteiger partial charge in [0, 0.05) is 4.90 Å². The summed E-state index contributed by atoms with van der Waals surface area (Å²) in [6, 6.07) is 8.45. The maximum atomic E-state index is 13.5. The molecule has 0 saturated heterocycles. The first-order valence-electron chi connectivity index (χ1n) is 6.44. The summed E-state index contributed by atoms with van der Waals surface area (Å²) in [5, 5.41) is 11.5. The van der Waals surface area contributed by atoms with Crippen LogP contribution in [0.4, 0.5) is 4.39 Å². The van der Waals surface area contributed by atoms with Gasteiger partial charge in [-0.2, -0.15) is 5.26 Å². The van der Waals surface area contributed by atoms with E-state index in [1.165, 1.54) is 6.07 Å². The SMILES string of the molecule is CC(C)[C@@](C)(C#N)NC(=O)[C@@H](C)Sc1ccccc1F. The Balaban J connectivity index is 2.74. The fraction of sp³-hybridized carbons (Fsp3) is 0.467. The summed E-state index contributed by atoms with van der Waals surface area (Å²) in [6.45, 7) is 7.14. The average molecular weight is 294 g/mol. The molecule has 1 N–H and O–H groups in total. The summed E-state index contributed by atoms with van der Waals surface area (Å²) in [7, 11) is 0. The highest BCUT2D eigenvalue weighted by molar-refractivity contribution is 8.00. The van der Waals surface area contributed by atoms with E-state index in [1.807, 2.05) is 13.8 Å². The van der Waals surface area contributed by atoms with E-state index in [1.54, 1.807) is 32.0 Å². The van der Waals surface area contributed by atoms with Crippen molar-refractivity contribution in [2.75, 3.05) is 0 Å². The van der Waals surface area contributed by atoms with Crippen LogP contribution < -0.4 is 5.32 Å². The number of rotatable bonds is 5. The second kappa shape index (κ2) is 6.76. The van der Waals surface area contributed by atoms with E-state index < -0.39 is 10.8 Å². The Morgan fingerprint density at radius 1 is 1.40 bits per heavy atom. The summed E-state index contributed by atoms with van der Waals surface area (Å²) < 4.78 is 13.5. The van der Waals surface area contributed by atoms with E-state index in [0.29, 0.717) is 4.90 Å². The lowest BCUT2D eigenvalue weighted by Crippen LogP contribution is -2.51. The minimum Gasteiger partial charge on any atom is -0.337 e. The highest BCUT2D eigenvalue weighted by Crippen LogP contribution is 2.26. The second-order valence-corrected chi connectivity index (χ2v) is 6.53. The summed E-state index contributed by atoms with van der Waals surface area (Å²) in [5.74, 6) is -0.623. The predicted molar refractivity (Wildman–Crippen MR) is 78.7 cm³/mol. The molecule has 108 valence electrons. The lowest BCUT2D eigenvalue weighted by atomic mass is 9.90. The van der Waals surface area contributed by atoms with E-state index in [9.17, 15) is 14.4 Å². The molecular weight excluding hydrogens is 275 g/mol. The molecule has 1 aromatic rings. The van der Waals surface area contributed by atoms with Gasteiger partial charge in [-0.15, -0.1) is 11.8 Å². The van der Waals surface area contributed by atoms with Gasteiger partial charge in [0.2, 0.25) is 5.91 Å². The van der Waals surface area contributed by atoms with Crippen LogP contribution in [0.25, 0.3) is 0 Å². The number of nitrogens with one attached hydrogen (secondary N) is 1. The van der Waals surface area contributed by atoms with Crippen molar-refractivity contribution in [1.82, 2.24) is 5.32 Å². The number of amides is 1. The minimum atomic E-state index is -0.916. The van der Waals surface area contributed by atoms with Gasteiger partial charge < -0.3 is 5.32 Å². The quantitative estimate of drug-likeness (QED) is 0.847. The molecule has 0 saturated carbocycles. The number of hydrogen-bond acceptors (Lipinski definition) is 3. The third kappa shape index (κ3) is 3.97. The monoisotopic (exact) mass is 294 g/mol. The van der Waals surface area contributed by atoms with Crippen molar-refractivity contribution in [3.63, 3.8) is 0 Å². The molecule has 0 aliphatic rings. The lowest BCUT2D eigenvalue weighted by Gasteiger charge is -2.28. The molecule has 0 spiro atoms. The number of carbonyl (C=O) groups excluding carboxylic acids is 1. The molecule has 0 heterocycles. The molecule has 0 fully saturated rings. The lowest BCUT2D eigenvalue weighted by molar-refractivity contribution is -0.121. The number of benzene rings is 1. The van der Waals surface area contributed by atoms with Crippen LogP contribution in [0.15, 0.2) is 29.2 Å². The fourth-order valence-corrected chi connectivity index (χ4v) is 2.33. The van der Waals surface area contributed by atoms with Crippen molar-refractivity contribution in [2.45, 2.75) is 43.4 Å². The molecule has 1 aromatic carbocycles. The Hall–Kier alpha value is -1.54. The standard InChI is InChI=1S/C15H19FN2OS/c1-10(2)15(4,9-17)18-14(19)11(3)20-13-8-6-5-7-12(13)16/h5-8,10-11H,1-4H3,(H,18,19)/t11-,15-/m1/s1. The first kappa shape index (κ1) is 16.5. The Morgan fingerprint density at radius 3 is 2.50 bits per heavy atom. The molecule has 3 nitrogen and oxygen atoms in total. The molecule has 2 atom stereocenters. The molecular formula is C15H19FN2OS. The number of hydrogen-bond donors (Lipinski definition) is 1. The molecule has 0 unspecified atom stereocenters. The molecule has 0 aliphatic heterocycles. The zero-order valence-electron chi connectivity index (χ0n) is 12.1. The van der Waals surface area contributed by atoms with Gasteiger partial charge in [-0.3, -0.25) is 4.79 Å². The van der Waals surface area contributed by atoms with Crippen molar-refractivity contribution >= 4 is 17.7 Å². The number of halogens is 1. The van der Waals surface area contributed by atoms with Crippen LogP contribution in [-0.2, 0) is 4.79 Å². The van der Waals surface area contributed by atoms with Crippen LogP contribution >= 0.6 is 11.8 Å². The van der Waals surface area contributed by atoms with Gasteiger partial charge in [-0.1, -0.05) is 26.0 Å². The molecule has 5 heteroatoms. The van der Waals surface area contributed by atoms with E-state index in [4.69, 9.17) is 0 Å². The topological polar surface area (TPSA) is 52.9 Å². The number of nitriles is 1. The Bertz CT molecular complexity index is 527. The van der Waals surface area contributed by atoms with E-state index in [2.05, 4.69) is 11.4 Å². The number of nitrogens with zero attached hydrogens (tertiary/aromatic N) is 1. The Labute approximate surface area is 123 Å². The zero-order valence-corrected chi connectivity index (χ0v) is 12.9. The van der Waals surface area contributed by atoms with Crippen LogP contribution in [-0.4, -0.2) is 16.7 Å². The Kier molecular flexibility index (Phi) is 5.58. The van der Waals surface area contributed by atoms with Crippen LogP contribution in [0.2, 0.25) is 0 Å². The van der Waals surface area contributed by atoms with Crippen molar-refractivity contribution < 1.29 is 9.18 Å². The summed E-state index contributed by atoms with van der Waals surface area (Å²) >= 11 is 1.14. The Morgan fingerprint density at radius 2 is 2.00 bits per heavy atom. The van der Waals surface area contributed by atoms with Gasteiger partial charge in [0.1, 0.15) is 11.4 Å². The third-order valence-electron chi connectivity index (χ3n) is 3.28. The largest absolute Gasteiger partial charge is 0.337 e. The van der Waals surface area contributed by atoms with E-state index in [0.717, 1.165) is 11.8 Å². The number of thioether (sulfide) groups is 1. The molecule has 1 rings (SSSR count). The van der Waals surface area contributed by atoms with Gasteiger partial charge in [0.05, 0.1) is 11.3 Å². The van der Waals surface area contributed by atoms with Gasteiger partial charge in [0.25, 0.3) is 0 Å². The van der Waals surface area contributed by atoms with Crippen LogP contribution in [0.5, 0.6) is 0 Å². The highest BCUT2D eigenvalue weighted by atomic mass is 32.2. The van der Waals surface area contributed by atoms with Crippen molar-refractivity contribution in [2.24, 2.45) is 5.92 Å². The first-order valence-corrected chi connectivity index (χ1v) is 7.32. The maximum absolute atomic E-state index is 13.5. The highest BCUT2D eigenvalue weighted by Gasteiger charge is 2.31. The van der Waals surface area contributed by atoms with Gasteiger partial charge in [-0.05, 0) is 31.9 Å².